The zero-order valence-corrected chi connectivity index (χ0v) is 15.0. The first kappa shape index (κ1) is 19.2. The number of aromatic carboxylic acids is 1. The molecule has 0 spiro atoms. The molecule has 7 heteroatoms. The number of hydrogen-bond acceptors (Lipinski definition) is 6. The molecule has 0 saturated heterocycles. The number of carboxylic acid groups (broad SMARTS) is 1. The molecule has 0 fully saturated rings. The van der Waals surface area contributed by atoms with Crippen molar-refractivity contribution in [1.29, 1.82) is 0 Å². The van der Waals surface area contributed by atoms with Gasteiger partial charge in [-0.2, -0.15) is 0 Å². The van der Waals surface area contributed by atoms with Crippen LogP contribution in [0.2, 0.25) is 0 Å². The molecule has 7 nitrogen and oxygen atoms in total. The zero-order chi connectivity index (χ0) is 20.1. The minimum atomic E-state index is -1.16. The molecule has 0 atom stereocenters. The Morgan fingerprint density at radius 1 is 0.786 bits per heavy atom. The highest BCUT2D eigenvalue weighted by Crippen LogP contribution is 2.22. The van der Waals surface area contributed by atoms with Crippen LogP contribution in [0, 0.1) is 0 Å². The number of hydrogen-bond donors (Lipinski definition) is 4. The van der Waals surface area contributed by atoms with Crippen LogP contribution in [0.5, 0.6) is 17.2 Å². The van der Waals surface area contributed by atoms with E-state index in [1.807, 2.05) is 0 Å². The van der Waals surface area contributed by atoms with Gasteiger partial charge in [0.2, 0.25) is 0 Å². The maximum absolute atomic E-state index is 10.9. The van der Waals surface area contributed by atoms with Crippen molar-refractivity contribution in [1.82, 2.24) is 9.97 Å². The molecule has 0 aliphatic rings. The third-order valence-corrected chi connectivity index (χ3v) is 4.33. The quantitative estimate of drug-likeness (QED) is 0.497. The molecule has 144 valence electrons. The average molecular weight is 380 g/mol. The molecule has 4 N–H and O–H groups in total. The van der Waals surface area contributed by atoms with Gasteiger partial charge >= 0.3 is 5.97 Å². The number of phenols is 3. The lowest BCUT2D eigenvalue weighted by atomic mass is 10.0. The Bertz CT molecular complexity index is 984. The van der Waals surface area contributed by atoms with Crippen LogP contribution in [-0.4, -0.2) is 36.4 Å². The zero-order valence-electron chi connectivity index (χ0n) is 15.0. The van der Waals surface area contributed by atoms with Crippen molar-refractivity contribution >= 4 is 5.97 Å². The van der Waals surface area contributed by atoms with Crippen molar-refractivity contribution in [3.8, 4) is 17.2 Å². The summed E-state index contributed by atoms with van der Waals surface area (Å²) in [5.74, 6) is -1.37. The van der Waals surface area contributed by atoms with Crippen molar-refractivity contribution < 1.29 is 25.2 Å². The number of phenolic OH excluding ortho intramolecular Hbond substituents is 2. The molecule has 3 rings (SSSR count). The van der Waals surface area contributed by atoms with E-state index in [0.717, 1.165) is 22.5 Å². The number of benzene rings is 2. The van der Waals surface area contributed by atoms with Crippen LogP contribution in [0.25, 0.3) is 0 Å². The maximum atomic E-state index is 10.9. The van der Waals surface area contributed by atoms with E-state index in [1.165, 1.54) is 18.2 Å². The second kappa shape index (κ2) is 8.39. The Hall–Kier alpha value is -3.61. The molecule has 0 bridgehead atoms. The van der Waals surface area contributed by atoms with E-state index in [9.17, 15) is 20.1 Å². The van der Waals surface area contributed by atoms with Gasteiger partial charge in [-0.05, 0) is 61.1 Å². The molecule has 0 radical (unpaired) electrons. The number of nitrogens with zero attached hydrogens (tertiary/aromatic N) is 2. The predicted octanol–water partition coefficient (Wildman–Crippen LogP) is 2.86. The number of aromatic nitrogens is 2. The molecule has 1 heterocycles. The maximum Gasteiger partial charge on any atom is 0.339 e. The number of rotatable bonds is 7. The fraction of sp³-hybridized carbons (Fsp3) is 0.190. The minimum absolute atomic E-state index is 0.0204. The van der Waals surface area contributed by atoms with Gasteiger partial charge in [-0.3, -0.25) is 9.97 Å². The van der Waals surface area contributed by atoms with E-state index in [4.69, 9.17) is 5.11 Å². The van der Waals surface area contributed by atoms with Gasteiger partial charge in [-0.1, -0.05) is 6.07 Å². The van der Waals surface area contributed by atoms with E-state index in [2.05, 4.69) is 9.97 Å². The summed E-state index contributed by atoms with van der Waals surface area (Å²) in [4.78, 5) is 19.7. The van der Waals surface area contributed by atoms with Crippen molar-refractivity contribution in [2.45, 2.75) is 25.7 Å². The van der Waals surface area contributed by atoms with Crippen LogP contribution in [-0.2, 0) is 25.7 Å². The second-order valence-corrected chi connectivity index (χ2v) is 6.52. The lowest BCUT2D eigenvalue weighted by molar-refractivity contribution is 0.0693. The molecule has 0 aliphatic carbocycles. The van der Waals surface area contributed by atoms with E-state index in [-0.39, 0.29) is 22.8 Å². The first-order chi connectivity index (χ1) is 13.4. The number of aryl methyl sites for hydroxylation is 4. The lowest BCUT2D eigenvalue weighted by Crippen LogP contribution is -2.02. The SMILES string of the molecule is O=C(O)c1ccc(CCc2cncc(CCc3cc(O)cc(O)c3)n2)cc1O. The van der Waals surface area contributed by atoms with Gasteiger partial charge in [0.05, 0.1) is 11.4 Å². The summed E-state index contributed by atoms with van der Waals surface area (Å²) in [5, 5.41) is 37.8. The van der Waals surface area contributed by atoms with Crippen molar-refractivity contribution in [3.63, 3.8) is 0 Å². The van der Waals surface area contributed by atoms with Gasteiger partial charge in [-0.15, -0.1) is 0 Å². The van der Waals surface area contributed by atoms with Crippen LogP contribution in [0.3, 0.4) is 0 Å². The molecular weight excluding hydrogens is 360 g/mol. The van der Waals surface area contributed by atoms with E-state index in [1.54, 1.807) is 30.6 Å². The topological polar surface area (TPSA) is 124 Å². The summed E-state index contributed by atoms with van der Waals surface area (Å²) in [6.45, 7) is 0. The highest BCUT2D eigenvalue weighted by molar-refractivity contribution is 5.90. The van der Waals surface area contributed by atoms with E-state index < -0.39 is 5.97 Å². The normalized spacial score (nSPS) is 10.7. The van der Waals surface area contributed by atoms with Crippen molar-refractivity contribution in [3.05, 3.63) is 76.9 Å². The first-order valence-corrected chi connectivity index (χ1v) is 8.77. The van der Waals surface area contributed by atoms with Crippen LogP contribution in [0.15, 0.2) is 48.8 Å². The number of carbonyl (C=O) groups is 1. The third-order valence-electron chi connectivity index (χ3n) is 4.33. The Balaban J connectivity index is 1.61. The second-order valence-electron chi connectivity index (χ2n) is 6.52. The Morgan fingerprint density at radius 2 is 1.39 bits per heavy atom. The van der Waals surface area contributed by atoms with Gasteiger partial charge in [0.15, 0.2) is 0 Å². The summed E-state index contributed by atoms with van der Waals surface area (Å²) in [7, 11) is 0. The van der Waals surface area contributed by atoms with Crippen LogP contribution in [0.1, 0.15) is 32.9 Å². The molecule has 28 heavy (non-hydrogen) atoms. The van der Waals surface area contributed by atoms with E-state index in [0.29, 0.717) is 25.7 Å². The molecule has 0 unspecified atom stereocenters. The summed E-state index contributed by atoms with van der Waals surface area (Å²) in [5.41, 5.74) is 3.08. The van der Waals surface area contributed by atoms with Crippen molar-refractivity contribution in [2.75, 3.05) is 0 Å². The number of aromatic hydroxyl groups is 3. The fourth-order valence-corrected chi connectivity index (χ4v) is 2.95. The van der Waals surface area contributed by atoms with Gasteiger partial charge in [0.25, 0.3) is 0 Å². The Labute approximate surface area is 161 Å². The van der Waals surface area contributed by atoms with Gasteiger partial charge in [-0.25, -0.2) is 4.79 Å². The molecule has 0 saturated carbocycles. The standard InChI is InChI=1S/C21H20N2O5/c24-17-7-14(8-18(25)10-17)2-5-16-12-22-11-15(23-16)4-1-13-3-6-19(21(27)28)20(26)9-13/h3,6-12,24-26H,1-2,4-5H2,(H,27,28). The smallest absolute Gasteiger partial charge is 0.339 e. The van der Waals surface area contributed by atoms with Crippen molar-refractivity contribution in [2.24, 2.45) is 0 Å². The monoisotopic (exact) mass is 380 g/mol. The Kier molecular flexibility index (Phi) is 5.74. The summed E-state index contributed by atoms with van der Waals surface area (Å²) in [6, 6.07) is 9.00. The van der Waals surface area contributed by atoms with Gasteiger partial charge in [0.1, 0.15) is 22.8 Å². The molecule has 0 aliphatic heterocycles. The lowest BCUT2D eigenvalue weighted by Gasteiger charge is -2.07. The van der Waals surface area contributed by atoms with Gasteiger partial charge in [0, 0.05) is 18.5 Å². The van der Waals surface area contributed by atoms with Crippen LogP contribution >= 0.6 is 0 Å². The number of carboxylic acids is 1. The first-order valence-electron chi connectivity index (χ1n) is 8.77. The van der Waals surface area contributed by atoms with Gasteiger partial charge < -0.3 is 20.4 Å². The molecule has 2 aromatic carbocycles. The highest BCUT2D eigenvalue weighted by atomic mass is 16.4. The summed E-state index contributed by atoms with van der Waals surface area (Å²) in [6.07, 6.45) is 5.75. The average Bonchev–Trinajstić information content (AvgIpc) is 2.64. The molecule has 1 aromatic heterocycles. The molecule has 0 amide bonds. The fourth-order valence-electron chi connectivity index (χ4n) is 2.95. The molecule has 3 aromatic rings. The minimum Gasteiger partial charge on any atom is -0.508 e. The molecular formula is C21H20N2O5. The van der Waals surface area contributed by atoms with Crippen LogP contribution < -0.4 is 0 Å². The summed E-state index contributed by atoms with van der Waals surface area (Å²) >= 11 is 0. The third kappa shape index (κ3) is 4.97. The summed E-state index contributed by atoms with van der Waals surface area (Å²) < 4.78 is 0. The highest BCUT2D eigenvalue weighted by Gasteiger charge is 2.10. The van der Waals surface area contributed by atoms with E-state index >= 15 is 0 Å². The Morgan fingerprint density at radius 3 is 1.96 bits per heavy atom. The largest absolute Gasteiger partial charge is 0.508 e. The van der Waals surface area contributed by atoms with Crippen LogP contribution in [0.4, 0.5) is 0 Å². The predicted molar refractivity (Wildman–Crippen MR) is 102 cm³/mol.